The maximum atomic E-state index is 13.8. The summed E-state index contributed by atoms with van der Waals surface area (Å²) in [5.41, 5.74) is -4.05. The summed E-state index contributed by atoms with van der Waals surface area (Å²) in [5, 5.41) is 12.0. The van der Waals surface area contributed by atoms with E-state index in [-0.39, 0.29) is 34.8 Å². The van der Waals surface area contributed by atoms with Crippen molar-refractivity contribution in [2.45, 2.75) is 31.6 Å². The number of aromatic nitrogens is 7. The van der Waals surface area contributed by atoms with Crippen molar-refractivity contribution in [1.29, 1.82) is 5.41 Å². The van der Waals surface area contributed by atoms with Gasteiger partial charge in [0.1, 0.15) is 12.9 Å². The molecule has 238 valence electrons. The van der Waals surface area contributed by atoms with Crippen molar-refractivity contribution in [3.8, 4) is 28.7 Å². The second-order valence-corrected chi connectivity index (χ2v) is 9.42. The van der Waals surface area contributed by atoms with Crippen LogP contribution in [0.4, 0.5) is 39.5 Å². The monoisotopic (exact) mass is 646 g/mol. The quantitative estimate of drug-likeness (QED) is 0.230. The number of fused-ring (bicyclic) bond motifs is 1. The number of ether oxygens (including phenoxy) is 2. The molecule has 4 heterocycles. The van der Waals surface area contributed by atoms with Gasteiger partial charge in [-0.15, -0.1) is 0 Å². The fraction of sp³-hybridized carbons (Fsp3) is 0.269. The van der Waals surface area contributed by atoms with Crippen molar-refractivity contribution >= 4 is 11.0 Å². The average Bonchev–Trinajstić information content (AvgIpc) is 3.52. The van der Waals surface area contributed by atoms with E-state index in [0.29, 0.717) is 22.5 Å². The number of methoxy groups -OCH3 is 2. The summed E-state index contributed by atoms with van der Waals surface area (Å²) in [6, 6.07) is 7.38. The first-order chi connectivity index (χ1) is 21.0. The number of hydrogen-bond acceptors (Lipinski definition) is 7. The van der Waals surface area contributed by atoms with Gasteiger partial charge < -0.3 is 14.0 Å². The van der Waals surface area contributed by atoms with Crippen LogP contribution >= 0.6 is 0 Å². The minimum atomic E-state index is -4.97. The van der Waals surface area contributed by atoms with E-state index in [4.69, 9.17) is 14.9 Å². The van der Waals surface area contributed by atoms with Gasteiger partial charge in [-0.1, -0.05) is 12.1 Å². The van der Waals surface area contributed by atoms with Crippen LogP contribution in [-0.4, -0.2) is 54.3 Å². The molecule has 1 N–H and O–H groups in total. The molecule has 0 atom stereocenters. The zero-order chi connectivity index (χ0) is 32.9. The van der Waals surface area contributed by atoms with Crippen molar-refractivity contribution in [1.82, 2.24) is 33.9 Å². The Morgan fingerprint density at radius 3 is 2.07 bits per heavy atom. The van der Waals surface area contributed by atoms with Crippen LogP contribution in [0.5, 0.6) is 11.8 Å². The molecule has 4 aromatic heterocycles. The number of benzene rings is 1. The number of nitrogens with one attached hydrogen (secondary N) is 1. The number of alkyl halides is 9. The summed E-state index contributed by atoms with van der Waals surface area (Å²) >= 11 is 0. The normalized spacial score (nSPS) is 12.6. The highest BCUT2D eigenvalue weighted by atomic mass is 19.4. The summed E-state index contributed by atoms with van der Waals surface area (Å²) in [5.74, 6) is -0.707. The third kappa shape index (κ3) is 6.14. The molecule has 10 nitrogen and oxygen atoms in total. The number of halogens is 9. The SMILES string of the molecule is COc1ncnc(C(F)(F)F)c1-c1cc2c(cn1)n(CC(F)(F)F)c(=N)n2Cc1ccc(-n2nc(C(F)(F)F)cc2OC)cc1. The molecule has 0 radical (unpaired) electrons. The van der Waals surface area contributed by atoms with Gasteiger partial charge in [0, 0.05) is 6.07 Å². The smallest absolute Gasteiger partial charge is 0.435 e. The number of hydrogen-bond donors (Lipinski definition) is 1. The van der Waals surface area contributed by atoms with Crippen molar-refractivity contribution < 1.29 is 49.0 Å². The Balaban J connectivity index is 1.62. The van der Waals surface area contributed by atoms with Gasteiger partial charge in [-0.25, -0.2) is 14.6 Å². The molecule has 0 unspecified atom stereocenters. The van der Waals surface area contributed by atoms with Crippen LogP contribution in [0.1, 0.15) is 17.0 Å². The fourth-order valence-corrected chi connectivity index (χ4v) is 4.60. The summed E-state index contributed by atoms with van der Waals surface area (Å²) < 4.78 is 134. The average molecular weight is 646 g/mol. The van der Waals surface area contributed by atoms with Crippen molar-refractivity contribution in [3.63, 3.8) is 0 Å². The summed E-state index contributed by atoms with van der Waals surface area (Å²) in [7, 11) is 2.22. The highest BCUT2D eigenvalue weighted by Crippen LogP contribution is 2.39. The third-order valence-corrected chi connectivity index (χ3v) is 6.52. The van der Waals surface area contributed by atoms with Crippen LogP contribution < -0.4 is 15.1 Å². The maximum absolute atomic E-state index is 13.8. The zero-order valence-electron chi connectivity index (χ0n) is 22.9. The first-order valence-electron chi connectivity index (χ1n) is 12.5. The molecule has 45 heavy (non-hydrogen) atoms. The number of nitrogens with zero attached hydrogens (tertiary/aromatic N) is 7. The van der Waals surface area contributed by atoms with Gasteiger partial charge in [-0.05, 0) is 23.8 Å². The third-order valence-electron chi connectivity index (χ3n) is 6.52. The highest BCUT2D eigenvalue weighted by molar-refractivity contribution is 5.82. The minimum absolute atomic E-state index is 0.0825. The van der Waals surface area contributed by atoms with Crippen molar-refractivity contribution in [2.24, 2.45) is 0 Å². The summed E-state index contributed by atoms with van der Waals surface area (Å²) in [6.45, 7) is -1.86. The molecule has 19 heteroatoms. The molecule has 0 spiro atoms. The predicted octanol–water partition coefficient (Wildman–Crippen LogP) is 5.63. The van der Waals surface area contributed by atoms with E-state index in [9.17, 15) is 39.5 Å². The first kappa shape index (κ1) is 31.3. The topological polar surface area (TPSA) is 109 Å². The van der Waals surface area contributed by atoms with E-state index in [1.54, 1.807) is 0 Å². The van der Waals surface area contributed by atoms with Crippen LogP contribution in [0.3, 0.4) is 0 Å². The summed E-state index contributed by atoms with van der Waals surface area (Å²) in [4.78, 5) is 11.0. The van der Waals surface area contributed by atoms with Crippen LogP contribution in [0, 0.1) is 5.41 Å². The molecule has 0 aliphatic heterocycles. The van der Waals surface area contributed by atoms with E-state index < -0.39 is 53.5 Å². The molecule has 0 saturated heterocycles. The summed E-state index contributed by atoms with van der Waals surface area (Å²) in [6.07, 6.45) is -12.9. The number of pyridine rings is 1. The Bertz CT molecular complexity index is 1920. The zero-order valence-corrected chi connectivity index (χ0v) is 22.9. The first-order valence-corrected chi connectivity index (χ1v) is 12.5. The van der Waals surface area contributed by atoms with Gasteiger partial charge in [-0.2, -0.15) is 44.6 Å². The van der Waals surface area contributed by atoms with E-state index in [2.05, 4.69) is 20.1 Å². The molecular formula is C26H19F9N8O2. The van der Waals surface area contributed by atoms with Gasteiger partial charge in [0.15, 0.2) is 11.4 Å². The molecule has 0 aliphatic rings. The van der Waals surface area contributed by atoms with E-state index >= 15 is 0 Å². The fourth-order valence-electron chi connectivity index (χ4n) is 4.60. The highest BCUT2D eigenvalue weighted by Gasteiger charge is 2.39. The van der Waals surface area contributed by atoms with Gasteiger partial charge in [0.05, 0.1) is 54.9 Å². The lowest BCUT2D eigenvalue weighted by Gasteiger charge is -2.14. The molecule has 0 saturated carbocycles. The lowest BCUT2D eigenvalue weighted by Crippen LogP contribution is -2.30. The molecule has 5 rings (SSSR count). The van der Waals surface area contributed by atoms with Gasteiger partial charge in [0.2, 0.25) is 17.4 Å². The molecular weight excluding hydrogens is 627 g/mol. The lowest BCUT2D eigenvalue weighted by molar-refractivity contribution is -0.142. The van der Waals surface area contributed by atoms with E-state index in [1.807, 2.05) is 0 Å². The maximum Gasteiger partial charge on any atom is 0.435 e. The predicted molar refractivity (Wildman–Crippen MR) is 136 cm³/mol. The number of imidazole rings is 1. The molecule has 0 fully saturated rings. The van der Waals surface area contributed by atoms with E-state index in [1.165, 1.54) is 24.3 Å². The van der Waals surface area contributed by atoms with Crippen LogP contribution in [0.25, 0.3) is 28.0 Å². The molecule has 5 aromatic rings. The molecule has 0 aliphatic carbocycles. The van der Waals surface area contributed by atoms with Gasteiger partial charge >= 0.3 is 18.5 Å². The van der Waals surface area contributed by atoms with Crippen LogP contribution in [0.2, 0.25) is 0 Å². The molecule has 0 bridgehead atoms. The van der Waals surface area contributed by atoms with Crippen molar-refractivity contribution in [3.05, 3.63) is 71.5 Å². The van der Waals surface area contributed by atoms with Gasteiger partial charge in [-0.3, -0.25) is 15.0 Å². The van der Waals surface area contributed by atoms with Gasteiger partial charge in [0.25, 0.3) is 0 Å². The Morgan fingerprint density at radius 1 is 0.800 bits per heavy atom. The Labute approximate surface area is 245 Å². The molecule has 0 amide bonds. The lowest BCUT2D eigenvalue weighted by atomic mass is 10.1. The largest absolute Gasteiger partial charge is 0.481 e. The standard InChI is InChI=1S/C26H19F9N8O2/c1-44-19-8-18(25(30,31)32)40-43(19)14-5-3-13(4-6-14)10-41-16-7-15(20-21(26(33,34)35)38-12-39-22(20)45-2)37-9-17(16)42(23(41)36)11-24(27,28)29/h3-9,12,36H,10-11H2,1-2H3. The second-order valence-electron chi connectivity index (χ2n) is 9.42. The van der Waals surface area contributed by atoms with E-state index in [0.717, 1.165) is 35.7 Å². The Kier molecular flexibility index (Phi) is 7.74. The number of rotatable bonds is 7. The van der Waals surface area contributed by atoms with Crippen LogP contribution in [-0.2, 0) is 25.4 Å². The minimum Gasteiger partial charge on any atom is -0.481 e. The van der Waals surface area contributed by atoms with Crippen molar-refractivity contribution in [2.75, 3.05) is 14.2 Å². The second kappa shape index (κ2) is 11.1. The Hall–Kier alpha value is -5.10. The Morgan fingerprint density at radius 2 is 1.49 bits per heavy atom. The molecule has 1 aromatic carbocycles. The van der Waals surface area contributed by atoms with Crippen LogP contribution in [0.15, 0.2) is 48.9 Å².